The van der Waals surface area contributed by atoms with Crippen LogP contribution in [-0.4, -0.2) is 21.0 Å². The lowest BCUT2D eigenvalue weighted by atomic mass is 10.0. The average Bonchev–Trinajstić information content (AvgIpc) is 2.62. The third-order valence-corrected chi connectivity index (χ3v) is 3.90. The topological polar surface area (TPSA) is 63.1 Å². The van der Waals surface area contributed by atoms with Crippen LogP contribution in [0.4, 0.5) is 0 Å². The van der Waals surface area contributed by atoms with Crippen LogP contribution in [-0.2, 0) is 0 Å². The number of carboxylic acids is 1. The van der Waals surface area contributed by atoms with E-state index in [1.54, 1.807) is 24.4 Å². The zero-order valence-electron chi connectivity index (χ0n) is 13.6. The molecule has 0 aliphatic rings. The molecule has 3 aromatic rings. The van der Waals surface area contributed by atoms with E-state index in [1.807, 2.05) is 12.1 Å². The minimum Gasteiger partial charge on any atom is -0.478 e. The first kappa shape index (κ1) is 15.9. The summed E-state index contributed by atoms with van der Waals surface area (Å²) >= 11 is 0. The summed E-state index contributed by atoms with van der Waals surface area (Å²) in [6.45, 7) is 4.32. The quantitative estimate of drug-likeness (QED) is 0.761. The Labute approximate surface area is 140 Å². The van der Waals surface area contributed by atoms with E-state index in [4.69, 9.17) is 5.11 Å². The highest BCUT2D eigenvalue weighted by Crippen LogP contribution is 2.23. The maximum atomic E-state index is 11.1. The Morgan fingerprint density at radius 2 is 1.75 bits per heavy atom. The van der Waals surface area contributed by atoms with Gasteiger partial charge in [0.25, 0.3) is 0 Å². The fraction of sp³-hybridized carbons (Fsp3) is 0.150. The standard InChI is InChI=1S/C20H18N2O2/c1-13(2)14-6-8-15(9-7-14)18-10-11-21-19(22-18)16-4-3-5-17(12-16)20(23)24/h3-13H,1-2H3,(H,23,24). The van der Waals surface area contributed by atoms with Crippen LogP contribution >= 0.6 is 0 Å². The van der Waals surface area contributed by atoms with Crippen LogP contribution in [0.2, 0.25) is 0 Å². The van der Waals surface area contributed by atoms with E-state index in [2.05, 4.69) is 48.1 Å². The number of carboxylic acid groups (broad SMARTS) is 1. The maximum Gasteiger partial charge on any atom is 0.335 e. The Morgan fingerprint density at radius 3 is 2.42 bits per heavy atom. The van der Waals surface area contributed by atoms with Crippen LogP contribution in [0.5, 0.6) is 0 Å². The van der Waals surface area contributed by atoms with Crippen LogP contribution in [0, 0.1) is 0 Å². The van der Waals surface area contributed by atoms with Gasteiger partial charge < -0.3 is 5.11 Å². The van der Waals surface area contributed by atoms with Crippen molar-refractivity contribution in [1.82, 2.24) is 9.97 Å². The molecule has 4 heteroatoms. The van der Waals surface area contributed by atoms with Gasteiger partial charge in [-0.15, -0.1) is 0 Å². The molecule has 1 heterocycles. The van der Waals surface area contributed by atoms with Gasteiger partial charge in [0.1, 0.15) is 0 Å². The molecule has 3 rings (SSSR count). The van der Waals surface area contributed by atoms with Crippen molar-refractivity contribution < 1.29 is 9.90 Å². The van der Waals surface area contributed by atoms with E-state index in [0.29, 0.717) is 17.3 Å². The molecule has 0 aliphatic heterocycles. The van der Waals surface area contributed by atoms with E-state index < -0.39 is 5.97 Å². The smallest absolute Gasteiger partial charge is 0.335 e. The van der Waals surface area contributed by atoms with Gasteiger partial charge >= 0.3 is 5.97 Å². The molecule has 0 unspecified atom stereocenters. The highest BCUT2D eigenvalue weighted by atomic mass is 16.4. The summed E-state index contributed by atoms with van der Waals surface area (Å²) in [4.78, 5) is 20.0. The highest BCUT2D eigenvalue weighted by molar-refractivity contribution is 5.89. The number of aromatic nitrogens is 2. The summed E-state index contributed by atoms with van der Waals surface area (Å²) in [6.07, 6.45) is 1.70. The van der Waals surface area contributed by atoms with Gasteiger partial charge in [-0.25, -0.2) is 14.8 Å². The second-order valence-electron chi connectivity index (χ2n) is 5.93. The third kappa shape index (κ3) is 3.33. The van der Waals surface area contributed by atoms with E-state index in [9.17, 15) is 4.79 Å². The lowest BCUT2D eigenvalue weighted by Crippen LogP contribution is -1.97. The first-order chi connectivity index (χ1) is 11.5. The minimum atomic E-state index is -0.961. The van der Waals surface area contributed by atoms with Crippen molar-refractivity contribution in [1.29, 1.82) is 0 Å². The minimum absolute atomic E-state index is 0.225. The SMILES string of the molecule is CC(C)c1ccc(-c2ccnc(-c3cccc(C(=O)O)c3)n2)cc1. The van der Waals surface area contributed by atoms with Crippen LogP contribution in [0.15, 0.2) is 60.8 Å². The molecule has 24 heavy (non-hydrogen) atoms. The largest absolute Gasteiger partial charge is 0.478 e. The van der Waals surface area contributed by atoms with Gasteiger partial charge in [-0.2, -0.15) is 0 Å². The van der Waals surface area contributed by atoms with Gasteiger partial charge in [-0.05, 0) is 29.7 Å². The van der Waals surface area contributed by atoms with Crippen molar-refractivity contribution in [2.45, 2.75) is 19.8 Å². The average molecular weight is 318 g/mol. The first-order valence-electron chi connectivity index (χ1n) is 7.81. The molecule has 0 amide bonds. The predicted molar refractivity (Wildman–Crippen MR) is 94.0 cm³/mol. The Morgan fingerprint density at radius 1 is 1.00 bits per heavy atom. The molecule has 0 bridgehead atoms. The van der Waals surface area contributed by atoms with Gasteiger partial charge in [0, 0.05) is 17.3 Å². The molecule has 0 atom stereocenters. The van der Waals surface area contributed by atoms with Crippen LogP contribution < -0.4 is 0 Å². The summed E-state index contributed by atoms with van der Waals surface area (Å²) in [5.41, 5.74) is 4.02. The molecule has 0 spiro atoms. The number of hydrogen-bond acceptors (Lipinski definition) is 3. The molecule has 0 radical (unpaired) electrons. The fourth-order valence-corrected chi connectivity index (χ4v) is 2.49. The number of carbonyl (C=O) groups is 1. The van der Waals surface area contributed by atoms with E-state index in [1.165, 1.54) is 5.56 Å². The number of nitrogens with zero attached hydrogens (tertiary/aromatic N) is 2. The Hall–Kier alpha value is -3.01. The first-order valence-corrected chi connectivity index (χ1v) is 7.81. The monoisotopic (exact) mass is 318 g/mol. The second-order valence-corrected chi connectivity index (χ2v) is 5.93. The summed E-state index contributed by atoms with van der Waals surface area (Å²) in [5, 5.41) is 9.12. The Balaban J connectivity index is 1.97. The van der Waals surface area contributed by atoms with E-state index >= 15 is 0 Å². The molecule has 0 saturated heterocycles. The predicted octanol–water partition coefficient (Wildman–Crippen LogP) is 4.63. The molecule has 0 fully saturated rings. The molecule has 0 saturated carbocycles. The van der Waals surface area contributed by atoms with Crippen molar-refractivity contribution in [3.63, 3.8) is 0 Å². The molecule has 1 N–H and O–H groups in total. The molecular weight excluding hydrogens is 300 g/mol. The number of hydrogen-bond donors (Lipinski definition) is 1. The van der Waals surface area contributed by atoms with Crippen molar-refractivity contribution >= 4 is 5.97 Å². The second kappa shape index (κ2) is 6.62. The molecule has 0 aliphatic carbocycles. The molecule has 2 aromatic carbocycles. The van der Waals surface area contributed by atoms with Gasteiger partial charge in [0.2, 0.25) is 0 Å². The molecule has 1 aromatic heterocycles. The summed E-state index contributed by atoms with van der Waals surface area (Å²) in [6, 6.07) is 16.8. The Kier molecular flexibility index (Phi) is 4.38. The lowest BCUT2D eigenvalue weighted by Gasteiger charge is -2.08. The maximum absolute atomic E-state index is 11.1. The summed E-state index contributed by atoms with van der Waals surface area (Å²) in [5.74, 6) is 0.0413. The van der Waals surface area contributed by atoms with Crippen LogP contribution in [0.25, 0.3) is 22.6 Å². The van der Waals surface area contributed by atoms with E-state index in [-0.39, 0.29) is 5.56 Å². The van der Waals surface area contributed by atoms with Crippen LogP contribution in [0.1, 0.15) is 35.7 Å². The normalized spacial score (nSPS) is 10.8. The van der Waals surface area contributed by atoms with E-state index in [0.717, 1.165) is 11.3 Å². The number of rotatable bonds is 4. The zero-order chi connectivity index (χ0) is 17.1. The Bertz CT molecular complexity index is 871. The fourth-order valence-electron chi connectivity index (χ4n) is 2.49. The van der Waals surface area contributed by atoms with Crippen molar-refractivity contribution in [3.8, 4) is 22.6 Å². The van der Waals surface area contributed by atoms with Crippen molar-refractivity contribution in [3.05, 3.63) is 71.9 Å². The zero-order valence-corrected chi connectivity index (χ0v) is 13.6. The van der Waals surface area contributed by atoms with Gasteiger partial charge in [0.15, 0.2) is 5.82 Å². The van der Waals surface area contributed by atoms with Gasteiger partial charge in [-0.1, -0.05) is 50.2 Å². The third-order valence-electron chi connectivity index (χ3n) is 3.90. The number of aromatic carboxylic acids is 1. The highest BCUT2D eigenvalue weighted by Gasteiger charge is 2.08. The van der Waals surface area contributed by atoms with Crippen molar-refractivity contribution in [2.24, 2.45) is 0 Å². The lowest BCUT2D eigenvalue weighted by molar-refractivity contribution is 0.0697. The molecular formula is C20H18N2O2. The van der Waals surface area contributed by atoms with Crippen molar-refractivity contribution in [2.75, 3.05) is 0 Å². The molecule has 120 valence electrons. The van der Waals surface area contributed by atoms with Crippen LogP contribution in [0.3, 0.4) is 0 Å². The van der Waals surface area contributed by atoms with Gasteiger partial charge in [0.05, 0.1) is 11.3 Å². The van der Waals surface area contributed by atoms with Gasteiger partial charge in [-0.3, -0.25) is 0 Å². The number of benzene rings is 2. The molecule has 4 nitrogen and oxygen atoms in total. The summed E-state index contributed by atoms with van der Waals surface area (Å²) in [7, 11) is 0. The summed E-state index contributed by atoms with van der Waals surface area (Å²) < 4.78 is 0.